The predicted molar refractivity (Wildman–Crippen MR) is 106 cm³/mol. The summed E-state index contributed by atoms with van der Waals surface area (Å²) in [5.74, 6) is 2.42. The third kappa shape index (κ3) is 4.55. The quantitative estimate of drug-likeness (QED) is 0.825. The van der Waals surface area contributed by atoms with Crippen LogP contribution in [-0.4, -0.2) is 62.3 Å². The van der Waals surface area contributed by atoms with Crippen molar-refractivity contribution in [2.45, 2.75) is 6.54 Å². The summed E-state index contributed by atoms with van der Waals surface area (Å²) in [6, 6.07) is 13.5. The van der Waals surface area contributed by atoms with Crippen LogP contribution in [0.25, 0.3) is 0 Å². The van der Waals surface area contributed by atoms with Crippen molar-refractivity contribution in [1.82, 2.24) is 9.80 Å². The first-order chi connectivity index (χ1) is 13.7. The summed E-state index contributed by atoms with van der Waals surface area (Å²) in [5, 5.41) is 2.94. The van der Waals surface area contributed by atoms with Crippen LogP contribution in [-0.2, 0) is 11.3 Å². The first-order valence-electron chi connectivity index (χ1n) is 9.47. The number of hydrogen-bond donors (Lipinski definition) is 1. The number of hydrogen-bond acceptors (Lipinski definition) is 6. The fourth-order valence-electron chi connectivity index (χ4n) is 3.48. The maximum atomic E-state index is 12.3. The Bertz CT molecular complexity index is 817. The predicted octanol–water partition coefficient (Wildman–Crippen LogP) is 2.18. The van der Waals surface area contributed by atoms with Crippen molar-refractivity contribution in [3.63, 3.8) is 0 Å². The van der Waals surface area contributed by atoms with Crippen LogP contribution in [0.1, 0.15) is 5.56 Å². The molecule has 28 heavy (non-hydrogen) atoms. The molecular weight excluding hydrogens is 358 g/mol. The molecule has 0 unspecified atom stereocenters. The van der Waals surface area contributed by atoms with Gasteiger partial charge in [-0.3, -0.25) is 14.6 Å². The highest BCUT2D eigenvalue weighted by Crippen LogP contribution is 2.32. The van der Waals surface area contributed by atoms with Crippen molar-refractivity contribution < 1.29 is 19.0 Å². The van der Waals surface area contributed by atoms with Crippen molar-refractivity contribution in [3.05, 3.63) is 48.0 Å². The number of fused-ring (bicyclic) bond motifs is 1. The molecule has 7 heteroatoms. The van der Waals surface area contributed by atoms with Crippen molar-refractivity contribution in [2.24, 2.45) is 0 Å². The number of benzene rings is 2. The second-order valence-electron chi connectivity index (χ2n) is 7.02. The second kappa shape index (κ2) is 8.50. The lowest BCUT2D eigenvalue weighted by atomic mass is 10.1. The molecule has 2 aliphatic heterocycles. The Morgan fingerprint density at radius 2 is 1.71 bits per heavy atom. The summed E-state index contributed by atoms with van der Waals surface area (Å²) in [6.45, 7) is 5.21. The maximum absolute atomic E-state index is 12.3. The maximum Gasteiger partial charge on any atom is 0.238 e. The molecule has 1 fully saturated rings. The molecule has 0 aliphatic carbocycles. The van der Waals surface area contributed by atoms with Crippen LogP contribution in [0.3, 0.4) is 0 Å². The Morgan fingerprint density at radius 3 is 2.46 bits per heavy atom. The molecule has 2 heterocycles. The van der Waals surface area contributed by atoms with Gasteiger partial charge >= 0.3 is 0 Å². The van der Waals surface area contributed by atoms with Gasteiger partial charge in [-0.2, -0.15) is 0 Å². The molecule has 0 bridgehead atoms. The van der Waals surface area contributed by atoms with Gasteiger partial charge in [0.1, 0.15) is 5.75 Å². The second-order valence-corrected chi connectivity index (χ2v) is 7.02. The van der Waals surface area contributed by atoms with Crippen LogP contribution < -0.4 is 19.5 Å². The SMILES string of the molecule is COc1ccc(NC(=O)CN2CCN(Cc3ccc4c(c3)OCO4)CC2)cc1. The lowest BCUT2D eigenvalue weighted by Crippen LogP contribution is -2.48. The summed E-state index contributed by atoms with van der Waals surface area (Å²) in [4.78, 5) is 16.9. The van der Waals surface area contributed by atoms with E-state index < -0.39 is 0 Å². The standard InChI is InChI=1S/C21H25N3O4/c1-26-18-5-3-17(4-6-18)22-21(25)14-24-10-8-23(9-11-24)13-16-2-7-19-20(12-16)28-15-27-19/h2-7,12H,8-11,13-15H2,1H3,(H,22,25). The number of anilines is 1. The van der Waals surface area contributed by atoms with Gasteiger partial charge in [-0.05, 0) is 42.0 Å². The van der Waals surface area contributed by atoms with E-state index in [1.54, 1.807) is 7.11 Å². The van der Waals surface area contributed by atoms with Crippen molar-refractivity contribution in [2.75, 3.05) is 51.9 Å². The Labute approximate surface area is 164 Å². The zero-order valence-corrected chi connectivity index (χ0v) is 16.0. The van der Waals surface area contributed by atoms with Crippen molar-refractivity contribution in [3.8, 4) is 17.2 Å². The number of nitrogens with zero attached hydrogens (tertiary/aromatic N) is 2. The zero-order chi connectivity index (χ0) is 19.3. The summed E-state index contributed by atoms with van der Waals surface area (Å²) >= 11 is 0. The molecule has 0 saturated carbocycles. The largest absolute Gasteiger partial charge is 0.497 e. The number of piperazine rings is 1. The van der Waals surface area contributed by atoms with Gasteiger partial charge < -0.3 is 19.5 Å². The smallest absolute Gasteiger partial charge is 0.238 e. The molecule has 1 saturated heterocycles. The van der Waals surface area contributed by atoms with Gasteiger partial charge in [-0.1, -0.05) is 6.07 Å². The van der Waals surface area contributed by atoms with Crippen LogP contribution in [0.15, 0.2) is 42.5 Å². The van der Waals surface area contributed by atoms with Gasteiger partial charge in [0, 0.05) is 38.4 Å². The highest BCUT2D eigenvalue weighted by molar-refractivity contribution is 5.92. The Morgan fingerprint density at radius 1 is 1.00 bits per heavy atom. The minimum Gasteiger partial charge on any atom is -0.497 e. The van der Waals surface area contributed by atoms with E-state index in [1.165, 1.54) is 5.56 Å². The summed E-state index contributed by atoms with van der Waals surface area (Å²) in [7, 11) is 1.62. The number of carbonyl (C=O) groups is 1. The van der Waals surface area contributed by atoms with E-state index >= 15 is 0 Å². The number of carbonyl (C=O) groups excluding carboxylic acids is 1. The molecule has 0 spiro atoms. The van der Waals surface area contributed by atoms with Gasteiger partial charge in [-0.15, -0.1) is 0 Å². The highest BCUT2D eigenvalue weighted by Gasteiger charge is 2.20. The molecule has 2 aromatic carbocycles. The number of amides is 1. The molecule has 1 N–H and O–H groups in total. The molecule has 0 atom stereocenters. The fourth-order valence-corrected chi connectivity index (χ4v) is 3.48. The number of rotatable bonds is 6. The van der Waals surface area contributed by atoms with Crippen LogP contribution in [0, 0.1) is 0 Å². The molecule has 2 aromatic rings. The van der Waals surface area contributed by atoms with E-state index in [0.717, 1.165) is 55.7 Å². The van der Waals surface area contributed by atoms with E-state index in [0.29, 0.717) is 13.3 Å². The summed E-state index contributed by atoms with van der Waals surface area (Å²) < 4.78 is 15.9. The minimum atomic E-state index is 0.00869. The van der Waals surface area contributed by atoms with Crippen molar-refractivity contribution >= 4 is 11.6 Å². The van der Waals surface area contributed by atoms with Gasteiger partial charge in [0.05, 0.1) is 13.7 Å². The van der Waals surface area contributed by atoms with Crippen LogP contribution in [0.5, 0.6) is 17.2 Å². The molecule has 1 amide bonds. The molecule has 2 aliphatic rings. The normalized spacial score (nSPS) is 16.8. The third-order valence-corrected chi connectivity index (χ3v) is 5.05. The topological polar surface area (TPSA) is 63.3 Å². The van der Waals surface area contributed by atoms with E-state index in [-0.39, 0.29) is 5.91 Å². The molecule has 7 nitrogen and oxygen atoms in total. The van der Waals surface area contributed by atoms with Crippen LogP contribution in [0.2, 0.25) is 0 Å². The number of nitrogens with one attached hydrogen (secondary N) is 1. The van der Waals surface area contributed by atoms with Crippen LogP contribution >= 0.6 is 0 Å². The monoisotopic (exact) mass is 383 g/mol. The van der Waals surface area contributed by atoms with Gasteiger partial charge in [-0.25, -0.2) is 0 Å². The zero-order valence-electron chi connectivity index (χ0n) is 16.0. The number of ether oxygens (including phenoxy) is 3. The molecule has 148 valence electrons. The molecular formula is C21H25N3O4. The number of methoxy groups -OCH3 is 1. The van der Waals surface area contributed by atoms with Crippen LogP contribution in [0.4, 0.5) is 5.69 Å². The van der Waals surface area contributed by atoms with Gasteiger partial charge in [0.2, 0.25) is 12.7 Å². The third-order valence-electron chi connectivity index (χ3n) is 5.05. The Hall–Kier alpha value is -2.77. The average Bonchev–Trinajstić information content (AvgIpc) is 3.18. The summed E-state index contributed by atoms with van der Waals surface area (Å²) in [5.41, 5.74) is 2.00. The minimum absolute atomic E-state index is 0.00869. The van der Waals surface area contributed by atoms with E-state index in [2.05, 4.69) is 27.2 Å². The van der Waals surface area contributed by atoms with Crippen molar-refractivity contribution in [1.29, 1.82) is 0 Å². The van der Waals surface area contributed by atoms with E-state index in [4.69, 9.17) is 14.2 Å². The highest BCUT2D eigenvalue weighted by atomic mass is 16.7. The molecule has 4 rings (SSSR count). The lowest BCUT2D eigenvalue weighted by molar-refractivity contribution is -0.117. The van der Waals surface area contributed by atoms with Gasteiger partial charge in [0.25, 0.3) is 0 Å². The first kappa shape index (κ1) is 18.6. The van der Waals surface area contributed by atoms with E-state index in [9.17, 15) is 4.79 Å². The Balaban J connectivity index is 1.22. The molecule has 0 radical (unpaired) electrons. The average molecular weight is 383 g/mol. The first-order valence-corrected chi connectivity index (χ1v) is 9.47. The lowest BCUT2D eigenvalue weighted by Gasteiger charge is -2.34. The Kier molecular flexibility index (Phi) is 5.64. The summed E-state index contributed by atoms with van der Waals surface area (Å²) in [6.07, 6.45) is 0. The molecule has 0 aromatic heterocycles. The van der Waals surface area contributed by atoms with E-state index in [1.807, 2.05) is 30.3 Å². The fraction of sp³-hybridized carbons (Fsp3) is 0.381. The van der Waals surface area contributed by atoms with Gasteiger partial charge in [0.15, 0.2) is 11.5 Å².